The number of primary amides is 1. The molecule has 0 aromatic heterocycles. The van der Waals surface area contributed by atoms with Gasteiger partial charge in [-0.1, -0.05) is 0 Å². The Morgan fingerprint density at radius 3 is 2.25 bits per heavy atom. The van der Waals surface area contributed by atoms with Crippen LogP contribution in [0.1, 0.15) is 20.8 Å². The Bertz CT molecular complexity index is 163. The van der Waals surface area contributed by atoms with Gasteiger partial charge in [0, 0.05) is 0 Å². The summed E-state index contributed by atoms with van der Waals surface area (Å²) in [6.45, 7) is 4.25. The summed E-state index contributed by atoms with van der Waals surface area (Å²) in [7, 11) is 0. The predicted octanol–water partition coefficient (Wildman–Crippen LogP) is -1.03. The van der Waals surface area contributed by atoms with Crippen molar-refractivity contribution in [3.8, 4) is 0 Å². The highest BCUT2D eigenvalue weighted by Gasteiger charge is 2.26. The maximum Gasteiger partial charge on any atom is 0.248 e. The number of hydrogen-bond donors (Lipinski definition) is 3. The van der Waals surface area contributed by atoms with E-state index in [0.29, 0.717) is 0 Å². The van der Waals surface area contributed by atoms with Crippen LogP contribution in [0.2, 0.25) is 0 Å². The summed E-state index contributed by atoms with van der Waals surface area (Å²) in [5.74, 6) is -2.25. The van der Waals surface area contributed by atoms with Gasteiger partial charge in [0.25, 0.3) is 0 Å². The van der Waals surface area contributed by atoms with E-state index in [9.17, 15) is 4.79 Å². The largest absolute Gasteiger partial charge is 0.381 e. The normalized spacial score (nSPS) is 17.1. The Balaban J connectivity index is 4.04. The number of aliphatic hydroxyl groups is 2. The van der Waals surface area contributed by atoms with Gasteiger partial charge < -0.3 is 20.7 Å². The lowest BCUT2D eigenvalue weighted by Crippen LogP contribution is -2.42. The topological polar surface area (TPSA) is 92.8 Å². The Hall–Kier alpha value is -0.650. The molecule has 0 spiro atoms. The minimum Gasteiger partial charge on any atom is -0.381 e. The smallest absolute Gasteiger partial charge is 0.248 e. The summed E-state index contributed by atoms with van der Waals surface area (Å²) < 4.78 is 4.87. The molecule has 0 saturated carbocycles. The van der Waals surface area contributed by atoms with Crippen molar-refractivity contribution in [1.82, 2.24) is 0 Å². The quantitative estimate of drug-likeness (QED) is 0.478. The fourth-order valence-corrected chi connectivity index (χ4v) is 0.751. The van der Waals surface area contributed by atoms with Crippen molar-refractivity contribution in [2.75, 3.05) is 0 Å². The third-order valence-corrected chi connectivity index (χ3v) is 1.21. The van der Waals surface area contributed by atoms with E-state index in [4.69, 9.17) is 20.7 Å². The van der Waals surface area contributed by atoms with Crippen LogP contribution in [0.25, 0.3) is 0 Å². The molecule has 2 atom stereocenters. The van der Waals surface area contributed by atoms with Crippen molar-refractivity contribution < 1.29 is 19.7 Å². The first-order valence-electron chi connectivity index (χ1n) is 3.61. The number of rotatable bonds is 4. The number of hydrogen-bond acceptors (Lipinski definition) is 4. The van der Waals surface area contributed by atoms with Gasteiger partial charge in [-0.3, -0.25) is 4.79 Å². The molecule has 5 nitrogen and oxygen atoms in total. The van der Waals surface area contributed by atoms with Gasteiger partial charge in [-0.05, 0) is 20.8 Å². The molecule has 0 aliphatic carbocycles. The van der Waals surface area contributed by atoms with Gasteiger partial charge >= 0.3 is 0 Å². The van der Waals surface area contributed by atoms with Gasteiger partial charge in [0.2, 0.25) is 5.91 Å². The van der Waals surface area contributed by atoms with Crippen LogP contribution in [0.15, 0.2) is 0 Å². The minimum atomic E-state index is -1.39. The first-order chi connectivity index (χ1) is 5.24. The molecule has 4 N–H and O–H groups in total. The molecule has 0 radical (unpaired) electrons. The van der Waals surface area contributed by atoms with E-state index in [1.807, 2.05) is 0 Å². The van der Waals surface area contributed by atoms with Crippen molar-refractivity contribution in [2.24, 2.45) is 5.73 Å². The minimum absolute atomic E-state index is 0.817. The van der Waals surface area contributed by atoms with Crippen LogP contribution in [0, 0.1) is 0 Å². The second-order valence-corrected chi connectivity index (χ2v) is 3.12. The molecule has 1 amide bonds. The highest BCUT2D eigenvalue weighted by molar-refractivity contribution is 5.79. The van der Waals surface area contributed by atoms with E-state index in [1.54, 1.807) is 0 Å². The highest BCUT2D eigenvalue weighted by Crippen LogP contribution is 2.10. The lowest BCUT2D eigenvalue weighted by Gasteiger charge is -2.25. The van der Waals surface area contributed by atoms with Gasteiger partial charge in [-0.25, -0.2) is 0 Å². The molecule has 12 heavy (non-hydrogen) atoms. The van der Waals surface area contributed by atoms with Gasteiger partial charge in [0.05, 0.1) is 6.10 Å². The van der Waals surface area contributed by atoms with Crippen LogP contribution in [0.5, 0.6) is 0 Å². The lowest BCUT2D eigenvalue weighted by atomic mass is 10.2. The molecule has 0 fully saturated rings. The molecule has 72 valence electrons. The Morgan fingerprint density at radius 2 is 2.00 bits per heavy atom. The third-order valence-electron chi connectivity index (χ3n) is 1.21. The van der Waals surface area contributed by atoms with Crippen molar-refractivity contribution in [3.63, 3.8) is 0 Å². The Morgan fingerprint density at radius 1 is 1.58 bits per heavy atom. The van der Waals surface area contributed by atoms with E-state index in [1.165, 1.54) is 20.8 Å². The molecule has 0 aromatic rings. The predicted molar refractivity (Wildman–Crippen MR) is 42.0 cm³/mol. The molecular weight excluding hydrogens is 162 g/mol. The number of nitrogens with two attached hydrogens (primary N) is 1. The maximum atomic E-state index is 10.4. The number of ether oxygens (including phenoxy) is 1. The average Bonchev–Trinajstić information content (AvgIpc) is 1.82. The second kappa shape index (κ2) is 3.84. The van der Waals surface area contributed by atoms with Gasteiger partial charge in [0.15, 0.2) is 11.9 Å². The molecule has 0 aliphatic rings. The number of aliphatic hydroxyl groups excluding tert-OH is 1. The monoisotopic (exact) mass is 177 g/mol. The standard InChI is InChI=1S/C7H15NO4/c1-4(5(9)6(8)10)12-7(2,3)11/h4-5,9,11H,1-3H3,(H2,8,10)/t4-,5+/m0/s1. The van der Waals surface area contributed by atoms with Gasteiger partial charge in [-0.2, -0.15) is 0 Å². The fraction of sp³-hybridized carbons (Fsp3) is 0.857. The number of carbonyl (C=O) groups excluding carboxylic acids is 1. The number of amides is 1. The molecule has 0 unspecified atom stereocenters. The van der Waals surface area contributed by atoms with Crippen LogP contribution in [0.4, 0.5) is 0 Å². The molecule has 0 saturated heterocycles. The second-order valence-electron chi connectivity index (χ2n) is 3.12. The summed E-state index contributed by atoms with van der Waals surface area (Å²) in [5, 5.41) is 18.2. The van der Waals surface area contributed by atoms with Crippen molar-refractivity contribution >= 4 is 5.91 Å². The molecule has 0 rings (SSSR count). The van der Waals surface area contributed by atoms with Crippen molar-refractivity contribution in [1.29, 1.82) is 0 Å². The first kappa shape index (κ1) is 11.4. The average molecular weight is 177 g/mol. The van der Waals surface area contributed by atoms with Crippen LogP contribution in [-0.4, -0.2) is 34.1 Å². The van der Waals surface area contributed by atoms with Gasteiger partial charge in [0.1, 0.15) is 0 Å². The number of carbonyl (C=O) groups is 1. The highest BCUT2D eigenvalue weighted by atomic mass is 16.6. The zero-order chi connectivity index (χ0) is 9.94. The van der Waals surface area contributed by atoms with E-state index in [-0.39, 0.29) is 0 Å². The zero-order valence-corrected chi connectivity index (χ0v) is 7.44. The Labute approximate surface area is 71.1 Å². The van der Waals surface area contributed by atoms with E-state index < -0.39 is 23.9 Å². The molecule has 0 heterocycles. The third kappa shape index (κ3) is 4.27. The van der Waals surface area contributed by atoms with E-state index in [2.05, 4.69) is 0 Å². The van der Waals surface area contributed by atoms with Crippen molar-refractivity contribution in [3.05, 3.63) is 0 Å². The van der Waals surface area contributed by atoms with Crippen LogP contribution < -0.4 is 5.73 Å². The summed E-state index contributed by atoms with van der Waals surface area (Å²) in [4.78, 5) is 10.4. The summed E-state index contributed by atoms with van der Waals surface area (Å²) in [6, 6.07) is 0. The molecule has 0 bridgehead atoms. The van der Waals surface area contributed by atoms with E-state index in [0.717, 1.165) is 0 Å². The maximum absolute atomic E-state index is 10.4. The van der Waals surface area contributed by atoms with E-state index >= 15 is 0 Å². The fourth-order valence-electron chi connectivity index (χ4n) is 0.751. The van der Waals surface area contributed by atoms with Crippen LogP contribution in [-0.2, 0) is 9.53 Å². The van der Waals surface area contributed by atoms with Crippen LogP contribution in [0.3, 0.4) is 0 Å². The SMILES string of the molecule is C[C@H](OC(C)(C)O)[C@@H](O)C(N)=O. The molecule has 0 aromatic carbocycles. The first-order valence-corrected chi connectivity index (χ1v) is 3.61. The molecular formula is C7H15NO4. The lowest BCUT2D eigenvalue weighted by molar-refractivity contribution is -0.218. The van der Waals surface area contributed by atoms with Crippen LogP contribution >= 0.6 is 0 Å². The zero-order valence-electron chi connectivity index (χ0n) is 7.44. The van der Waals surface area contributed by atoms with Crippen molar-refractivity contribution in [2.45, 2.75) is 38.8 Å². The summed E-state index contributed by atoms with van der Waals surface area (Å²) in [5.41, 5.74) is 4.81. The van der Waals surface area contributed by atoms with Gasteiger partial charge in [-0.15, -0.1) is 0 Å². The molecule has 5 heteroatoms. The summed E-state index contributed by atoms with van der Waals surface area (Å²) in [6.07, 6.45) is -2.21. The Kier molecular flexibility index (Phi) is 3.63. The molecule has 0 aliphatic heterocycles. The summed E-state index contributed by atoms with van der Waals surface area (Å²) >= 11 is 0.